The van der Waals surface area contributed by atoms with Crippen molar-refractivity contribution < 1.29 is 14.0 Å². The smallest absolute Gasteiger partial charge is 0.246 e. The number of hydrogen-bond donors (Lipinski definition) is 1. The topological polar surface area (TPSA) is 49.4 Å². The predicted molar refractivity (Wildman–Crippen MR) is 73.6 cm³/mol. The maximum atomic E-state index is 13.5. The molecular weight excluding hydrogens is 283 g/mol. The Labute approximate surface area is 121 Å². The summed E-state index contributed by atoms with van der Waals surface area (Å²) in [5.74, 6) is -0.990. The van der Waals surface area contributed by atoms with Gasteiger partial charge in [-0.25, -0.2) is 4.39 Å². The number of amides is 2. The van der Waals surface area contributed by atoms with E-state index in [0.29, 0.717) is 5.56 Å². The number of carbonyl (C=O) groups excluding carboxylic acids is 2. The minimum atomic E-state index is -1.00. The zero-order chi connectivity index (χ0) is 15.1. The first-order chi connectivity index (χ1) is 9.25. The SMILES string of the molecule is CC1NC(=O)C(C)(C)N(Cc2cccc(F)c2Cl)C1=O. The Morgan fingerprint density at radius 1 is 1.40 bits per heavy atom. The predicted octanol–water partition coefficient (Wildman–Crippen LogP) is 2.10. The van der Waals surface area contributed by atoms with Gasteiger partial charge in [0.25, 0.3) is 0 Å². The maximum absolute atomic E-state index is 13.5. The molecule has 0 radical (unpaired) electrons. The zero-order valence-corrected chi connectivity index (χ0v) is 12.3. The first-order valence-electron chi connectivity index (χ1n) is 6.30. The number of piperazine rings is 1. The molecule has 2 amide bonds. The number of rotatable bonds is 2. The standard InChI is InChI=1S/C14H16ClFN2O2/c1-8-12(19)18(14(2,3)13(20)17-8)7-9-5-4-6-10(16)11(9)15/h4-6,8H,7H2,1-3H3,(H,17,20). The normalized spacial score (nSPS) is 21.9. The second kappa shape index (κ2) is 5.05. The Morgan fingerprint density at radius 2 is 2.05 bits per heavy atom. The lowest BCUT2D eigenvalue weighted by atomic mass is 9.95. The van der Waals surface area contributed by atoms with Gasteiger partial charge in [-0.3, -0.25) is 9.59 Å². The van der Waals surface area contributed by atoms with Crippen LogP contribution in [0.5, 0.6) is 0 Å². The molecule has 1 aliphatic heterocycles. The molecule has 0 saturated carbocycles. The lowest BCUT2D eigenvalue weighted by molar-refractivity contribution is -0.155. The molecule has 0 aromatic heterocycles. The number of nitrogens with one attached hydrogen (secondary N) is 1. The third-order valence-electron chi connectivity index (χ3n) is 3.57. The molecule has 1 aliphatic rings. The molecule has 1 atom stereocenters. The number of halogens is 2. The fraction of sp³-hybridized carbons (Fsp3) is 0.429. The van der Waals surface area contributed by atoms with Gasteiger partial charge in [0, 0.05) is 6.54 Å². The molecule has 108 valence electrons. The average molecular weight is 299 g/mol. The van der Waals surface area contributed by atoms with Gasteiger partial charge in [0.1, 0.15) is 17.4 Å². The second-order valence-electron chi connectivity index (χ2n) is 5.39. The van der Waals surface area contributed by atoms with Gasteiger partial charge in [-0.2, -0.15) is 0 Å². The highest BCUT2D eigenvalue weighted by molar-refractivity contribution is 6.31. The quantitative estimate of drug-likeness (QED) is 0.909. The van der Waals surface area contributed by atoms with E-state index in [1.165, 1.54) is 17.0 Å². The highest BCUT2D eigenvalue weighted by Gasteiger charge is 2.44. The van der Waals surface area contributed by atoms with E-state index < -0.39 is 17.4 Å². The molecule has 1 heterocycles. The van der Waals surface area contributed by atoms with Crippen LogP contribution in [-0.2, 0) is 16.1 Å². The third-order valence-corrected chi connectivity index (χ3v) is 4.00. The van der Waals surface area contributed by atoms with Crippen LogP contribution in [0.15, 0.2) is 18.2 Å². The second-order valence-corrected chi connectivity index (χ2v) is 5.77. The highest BCUT2D eigenvalue weighted by atomic mass is 35.5. The Morgan fingerprint density at radius 3 is 2.70 bits per heavy atom. The zero-order valence-electron chi connectivity index (χ0n) is 11.5. The van der Waals surface area contributed by atoms with E-state index in [1.807, 2.05) is 0 Å². The average Bonchev–Trinajstić information content (AvgIpc) is 2.37. The number of benzene rings is 1. The fourth-order valence-electron chi connectivity index (χ4n) is 2.18. The lowest BCUT2D eigenvalue weighted by Crippen LogP contribution is -2.67. The van der Waals surface area contributed by atoms with Crippen LogP contribution in [0.25, 0.3) is 0 Å². The molecule has 1 fully saturated rings. The van der Waals surface area contributed by atoms with E-state index >= 15 is 0 Å². The lowest BCUT2D eigenvalue weighted by Gasteiger charge is -2.43. The minimum Gasteiger partial charge on any atom is -0.343 e. The molecule has 6 heteroatoms. The summed E-state index contributed by atoms with van der Waals surface area (Å²) in [6.45, 7) is 5.02. The van der Waals surface area contributed by atoms with Crippen molar-refractivity contribution in [2.24, 2.45) is 0 Å². The molecular formula is C14H16ClFN2O2. The van der Waals surface area contributed by atoms with Crippen molar-refractivity contribution in [3.8, 4) is 0 Å². The van der Waals surface area contributed by atoms with Crippen LogP contribution < -0.4 is 5.32 Å². The maximum Gasteiger partial charge on any atom is 0.246 e. The Kier molecular flexibility index (Phi) is 3.73. The summed E-state index contributed by atoms with van der Waals surface area (Å²) >= 11 is 5.91. The Balaban J connectivity index is 2.36. The summed E-state index contributed by atoms with van der Waals surface area (Å²) in [7, 11) is 0. The van der Waals surface area contributed by atoms with E-state index in [-0.39, 0.29) is 23.4 Å². The molecule has 1 aromatic carbocycles. The van der Waals surface area contributed by atoms with Crippen LogP contribution in [0.2, 0.25) is 5.02 Å². The number of hydrogen-bond acceptors (Lipinski definition) is 2. The molecule has 2 rings (SSSR count). The Bertz CT molecular complexity index is 574. The highest BCUT2D eigenvalue weighted by Crippen LogP contribution is 2.27. The van der Waals surface area contributed by atoms with Crippen molar-refractivity contribution in [1.82, 2.24) is 10.2 Å². The van der Waals surface area contributed by atoms with E-state index in [4.69, 9.17) is 11.6 Å². The largest absolute Gasteiger partial charge is 0.343 e. The van der Waals surface area contributed by atoms with Gasteiger partial charge in [-0.15, -0.1) is 0 Å². The molecule has 20 heavy (non-hydrogen) atoms. The first kappa shape index (κ1) is 14.8. The van der Waals surface area contributed by atoms with Gasteiger partial charge in [-0.05, 0) is 32.4 Å². The summed E-state index contributed by atoms with van der Waals surface area (Å²) in [4.78, 5) is 25.7. The van der Waals surface area contributed by atoms with Crippen molar-refractivity contribution in [1.29, 1.82) is 0 Å². The summed E-state index contributed by atoms with van der Waals surface area (Å²) in [5.41, 5.74) is -0.519. The minimum absolute atomic E-state index is 0.0188. The van der Waals surface area contributed by atoms with Crippen LogP contribution in [-0.4, -0.2) is 28.3 Å². The van der Waals surface area contributed by atoms with Gasteiger partial charge in [-0.1, -0.05) is 23.7 Å². The van der Waals surface area contributed by atoms with Crippen molar-refractivity contribution in [2.45, 2.75) is 38.9 Å². The number of nitrogens with zero attached hydrogens (tertiary/aromatic N) is 1. The van der Waals surface area contributed by atoms with Crippen LogP contribution in [0, 0.1) is 5.82 Å². The van der Waals surface area contributed by atoms with E-state index in [9.17, 15) is 14.0 Å². The third kappa shape index (κ3) is 2.38. The summed E-state index contributed by atoms with van der Waals surface area (Å²) in [6.07, 6.45) is 0. The first-order valence-corrected chi connectivity index (χ1v) is 6.68. The van der Waals surface area contributed by atoms with E-state index in [2.05, 4.69) is 5.32 Å². The van der Waals surface area contributed by atoms with E-state index in [1.54, 1.807) is 26.8 Å². The van der Waals surface area contributed by atoms with Crippen LogP contribution in [0.4, 0.5) is 4.39 Å². The molecule has 1 N–H and O–H groups in total. The van der Waals surface area contributed by atoms with Crippen molar-refractivity contribution in [2.75, 3.05) is 0 Å². The van der Waals surface area contributed by atoms with Gasteiger partial charge in [0.2, 0.25) is 11.8 Å². The van der Waals surface area contributed by atoms with Gasteiger partial charge in [0.05, 0.1) is 5.02 Å². The van der Waals surface area contributed by atoms with Gasteiger partial charge >= 0.3 is 0 Å². The van der Waals surface area contributed by atoms with E-state index in [0.717, 1.165) is 0 Å². The van der Waals surface area contributed by atoms with Crippen LogP contribution in [0.3, 0.4) is 0 Å². The van der Waals surface area contributed by atoms with Gasteiger partial charge < -0.3 is 10.2 Å². The summed E-state index contributed by atoms with van der Waals surface area (Å²) in [5, 5.41) is 2.61. The van der Waals surface area contributed by atoms with Crippen molar-refractivity contribution in [3.63, 3.8) is 0 Å². The van der Waals surface area contributed by atoms with Crippen LogP contribution in [0.1, 0.15) is 26.3 Å². The number of carbonyl (C=O) groups is 2. The molecule has 0 aliphatic carbocycles. The van der Waals surface area contributed by atoms with Crippen molar-refractivity contribution in [3.05, 3.63) is 34.6 Å². The fourth-order valence-corrected chi connectivity index (χ4v) is 2.37. The Hall–Kier alpha value is -1.62. The van der Waals surface area contributed by atoms with Crippen LogP contribution >= 0.6 is 11.6 Å². The summed E-state index contributed by atoms with van der Waals surface area (Å²) in [6, 6.07) is 3.83. The summed E-state index contributed by atoms with van der Waals surface area (Å²) < 4.78 is 13.5. The molecule has 1 unspecified atom stereocenters. The van der Waals surface area contributed by atoms with Crippen molar-refractivity contribution >= 4 is 23.4 Å². The van der Waals surface area contributed by atoms with Gasteiger partial charge in [0.15, 0.2) is 0 Å². The molecule has 4 nitrogen and oxygen atoms in total. The molecule has 1 aromatic rings. The molecule has 0 spiro atoms. The molecule has 0 bridgehead atoms. The monoisotopic (exact) mass is 298 g/mol. The molecule has 1 saturated heterocycles.